The van der Waals surface area contributed by atoms with Gasteiger partial charge in [-0.25, -0.2) is 8.42 Å². The Labute approximate surface area is 147 Å². The van der Waals surface area contributed by atoms with Crippen LogP contribution in [-0.4, -0.2) is 49.7 Å². The van der Waals surface area contributed by atoms with Crippen LogP contribution in [0.2, 0.25) is 0 Å². The zero-order chi connectivity index (χ0) is 17.9. The zero-order valence-electron chi connectivity index (χ0n) is 14.0. The molecule has 2 aromatic rings. The lowest BCUT2D eigenvalue weighted by molar-refractivity contribution is 0.0666. The molecule has 132 valence electrons. The third kappa shape index (κ3) is 4.18. The van der Waals surface area contributed by atoms with E-state index in [-0.39, 0.29) is 24.8 Å². The van der Waals surface area contributed by atoms with Gasteiger partial charge in [-0.2, -0.15) is 4.31 Å². The molecule has 0 atom stereocenters. The Morgan fingerprint density at radius 3 is 2.36 bits per heavy atom. The van der Waals surface area contributed by atoms with Crippen molar-refractivity contribution in [2.45, 2.75) is 6.92 Å². The number of piperazine rings is 1. The Kier molecular flexibility index (Phi) is 5.06. The number of rotatable bonds is 4. The molecule has 1 fully saturated rings. The summed E-state index contributed by atoms with van der Waals surface area (Å²) in [6.07, 6.45) is 3.04. The highest BCUT2D eigenvalue weighted by atomic mass is 32.2. The average Bonchev–Trinajstić information content (AvgIpc) is 3.15. The van der Waals surface area contributed by atoms with Gasteiger partial charge < -0.3 is 9.32 Å². The summed E-state index contributed by atoms with van der Waals surface area (Å²) in [5, 5.41) is 1.22. The summed E-state index contributed by atoms with van der Waals surface area (Å²) >= 11 is 0. The molecule has 1 aromatic carbocycles. The first-order valence-corrected chi connectivity index (χ1v) is 9.54. The van der Waals surface area contributed by atoms with Gasteiger partial charge in [0, 0.05) is 31.6 Å². The van der Waals surface area contributed by atoms with Crippen LogP contribution in [0, 0.1) is 6.92 Å². The Balaban J connectivity index is 1.61. The van der Waals surface area contributed by atoms with Gasteiger partial charge in [0.15, 0.2) is 5.76 Å². The smallest absolute Gasteiger partial charge is 0.289 e. The van der Waals surface area contributed by atoms with Crippen molar-refractivity contribution in [3.05, 3.63) is 65.0 Å². The van der Waals surface area contributed by atoms with Gasteiger partial charge >= 0.3 is 0 Å². The van der Waals surface area contributed by atoms with Crippen molar-refractivity contribution in [2.75, 3.05) is 26.2 Å². The number of benzene rings is 1. The number of carbonyl (C=O) groups is 1. The van der Waals surface area contributed by atoms with Gasteiger partial charge in [0.1, 0.15) is 0 Å². The van der Waals surface area contributed by atoms with Crippen LogP contribution < -0.4 is 0 Å². The van der Waals surface area contributed by atoms with Gasteiger partial charge in [0.2, 0.25) is 10.0 Å². The first kappa shape index (κ1) is 17.4. The SMILES string of the molecule is Cc1ccc(/C=C/S(=O)(=O)N2CCN(C(=O)c3ccco3)CC2)cc1. The van der Waals surface area contributed by atoms with Crippen LogP contribution in [0.25, 0.3) is 6.08 Å². The van der Waals surface area contributed by atoms with Gasteiger partial charge in [-0.1, -0.05) is 29.8 Å². The molecule has 6 nitrogen and oxygen atoms in total. The van der Waals surface area contributed by atoms with Crippen molar-refractivity contribution in [1.29, 1.82) is 0 Å². The Bertz CT molecular complexity index is 847. The minimum Gasteiger partial charge on any atom is -0.459 e. The molecule has 1 amide bonds. The van der Waals surface area contributed by atoms with E-state index in [0.29, 0.717) is 13.1 Å². The Morgan fingerprint density at radius 2 is 1.76 bits per heavy atom. The molecule has 3 rings (SSSR count). The minimum absolute atomic E-state index is 0.211. The number of hydrogen-bond acceptors (Lipinski definition) is 4. The van der Waals surface area contributed by atoms with Crippen LogP contribution in [0.5, 0.6) is 0 Å². The maximum atomic E-state index is 12.4. The van der Waals surface area contributed by atoms with Crippen molar-refractivity contribution in [3.8, 4) is 0 Å². The van der Waals surface area contributed by atoms with Crippen LogP contribution in [0.15, 0.2) is 52.5 Å². The third-order valence-electron chi connectivity index (χ3n) is 4.13. The summed E-state index contributed by atoms with van der Waals surface area (Å²) in [6, 6.07) is 10.9. The molecule has 0 N–H and O–H groups in total. The van der Waals surface area contributed by atoms with Gasteiger partial charge in [-0.3, -0.25) is 4.79 Å². The Hall–Kier alpha value is -2.38. The number of carbonyl (C=O) groups excluding carboxylic acids is 1. The minimum atomic E-state index is -3.50. The first-order chi connectivity index (χ1) is 12.0. The van der Waals surface area contributed by atoms with Crippen LogP contribution in [-0.2, 0) is 10.0 Å². The molecule has 0 radical (unpaired) electrons. The predicted molar refractivity (Wildman–Crippen MR) is 95.3 cm³/mol. The van der Waals surface area contributed by atoms with E-state index in [1.165, 1.54) is 16.0 Å². The molecule has 0 saturated carbocycles. The maximum Gasteiger partial charge on any atom is 0.289 e. The molecule has 1 aromatic heterocycles. The van der Waals surface area contributed by atoms with Crippen molar-refractivity contribution in [1.82, 2.24) is 9.21 Å². The first-order valence-electron chi connectivity index (χ1n) is 8.03. The summed E-state index contributed by atoms with van der Waals surface area (Å²) < 4.78 is 31.4. The molecule has 1 aliphatic heterocycles. The summed E-state index contributed by atoms with van der Waals surface area (Å²) in [6.45, 7) is 3.21. The second-order valence-electron chi connectivity index (χ2n) is 5.93. The van der Waals surface area contributed by atoms with E-state index < -0.39 is 10.0 Å². The number of amides is 1. The normalized spacial score (nSPS) is 16.4. The van der Waals surface area contributed by atoms with Crippen molar-refractivity contribution >= 4 is 22.0 Å². The lowest BCUT2D eigenvalue weighted by atomic mass is 10.2. The highest BCUT2D eigenvalue weighted by molar-refractivity contribution is 7.92. The van der Waals surface area contributed by atoms with Gasteiger partial charge in [0.25, 0.3) is 5.91 Å². The second-order valence-corrected chi connectivity index (χ2v) is 7.75. The van der Waals surface area contributed by atoms with E-state index in [1.807, 2.05) is 31.2 Å². The van der Waals surface area contributed by atoms with Gasteiger partial charge in [-0.05, 0) is 30.7 Å². The lowest BCUT2D eigenvalue weighted by Crippen LogP contribution is -2.50. The largest absolute Gasteiger partial charge is 0.459 e. The lowest BCUT2D eigenvalue weighted by Gasteiger charge is -2.32. The van der Waals surface area contributed by atoms with E-state index >= 15 is 0 Å². The van der Waals surface area contributed by atoms with Crippen LogP contribution in [0.3, 0.4) is 0 Å². The fraction of sp³-hybridized carbons (Fsp3) is 0.278. The second kappa shape index (κ2) is 7.25. The molecule has 0 bridgehead atoms. The zero-order valence-corrected chi connectivity index (χ0v) is 14.8. The van der Waals surface area contributed by atoms with E-state index in [0.717, 1.165) is 11.1 Å². The van der Waals surface area contributed by atoms with E-state index in [9.17, 15) is 13.2 Å². The summed E-state index contributed by atoms with van der Waals surface area (Å²) in [7, 11) is -3.50. The molecule has 0 aliphatic carbocycles. The van der Waals surface area contributed by atoms with E-state index in [1.54, 1.807) is 23.1 Å². The monoisotopic (exact) mass is 360 g/mol. The van der Waals surface area contributed by atoms with Crippen LogP contribution in [0.4, 0.5) is 0 Å². The number of hydrogen-bond donors (Lipinski definition) is 0. The Morgan fingerprint density at radius 1 is 1.08 bits per heavy atom. The number of sulfonamides is 1. The third-order valence-corrected chi connectivity index (χ3v) is 5.69. The molecule has 1 aliphatic rings. The molecule has 1 saturated heterocycles. The van der Waals surface area contributed by atoms with E-state index in [4.69, 9.17) is 4.42 Å². The molecule has 7 heteroatoms. The van der Waals surface area contributed by atoms with Gasteiger partial charge in [0.05, 0.1) is 6.26 Å². The molecular formula is C18H20N2O4S. The topological polar surface area (TPSA) is 70.8 Å². The summed E-state index contributed by atoms with van der Waals surface area (Å²) in [5.74, 6) is 0.0628. The summed E-state index contributed by atoms with van der Waals surface area (Å²) in [5.41, 5.74) is 1.96. The maximum absolute atomic E-state index is 12.4. The molecule has 2 heterocycles. The molecule has 0 unspecified atom stereocenters. The quantitative estimate of drug-likeness (QED) is 0.839. The van der Waals surface area contributed by atoms with Crippen molar-refractivity contribution in [2.24, 2.45) is 0 Å². The average molecular weight is 360 g/mol. The van der Waals surface area contributed by atoms with Crippen LogP contribution in [0.1, 0.15) is 21.7 Å². The fourth-order valence-electron chi connectivity index (χ4n) is 2.63. The van der Waals surface area contributed by atoms with E-state index in [2.05, 4.69) is 0 Å². The number of aryl methyl sites for hydroxylation is 1. The fourth-order valence-corrected chi connectivity index (χ4v) is 3.80. The van der Waals surface area contributed by atoms with Crippen molar-refractivity contribution in [3.63, 3.8) is 0 Å². The molecular weight excluding hydrogens is 340 g/mol. The highest BCUT2D eigenvalue weighted by Gasteiger charge is 2.28. The standard InChI is InChI=1S/C18H20N2O4S/c1-15-4-6-16(7-5-15)8-14-25(22,23)20-11-9-19(10-12-20)18(21)17-3-2-13-24-17/h2-8,13-14H,9-12H2,1H3/b14-8+. The predicted octanol–water partition coefficient (Wildman–Crippen LogP) is 2.35. The summed E-state index contributed by atoms with van der Waals surface area (Å²) in [4.78, 5) is 13.8. The van der Waals surface area contributed by atoms with Crippen LogP contribution >= 0.6 is 0 Å². The number of nitrogens with zero attached hydrogens (tertiary/aromatic N) is 2. The molecule has 25 heavy (non-hydrogen) atoms. The van der Waals surface area contributed by atoms with Gasteiger partial charge in [-0.15, -0.1) is 0 Å². The number of furan rings is 1. The molecule has 0 spiro atoms. The highest BCUT2D eigenvalue weighted by Crippen LogP contribution is 2.14. The van der Waals surface area contributed by atoms with Crippen molar-refractivity contribution < 1.29 is 17.6 Å².